The van der Waals surface area contributed by atoms with E-state index in [1.54, 1.807) is 6.92 Å². The van der Waals surface area contributed by atoms with Crippen molar-refractivity contribution in [3.63, 3.8) is 0 Å². The summed E-state index contributed by atoms with van der Waals surface area (Å²) in [6, 6.07) is 21.4. The molecule has 0 bridgehead atoms. The molecule has 0 aliphatic rings. The van der Waals surface area contributed by atoms with Crippen molar-refractivity contribution in [1.29, 1.82) is 0 Å². The van der Waals surface area contributed by atoms with E-state index in [-0.39, 0.29) is 26.8 Å². The molecule has 1 heterocycles. The second kappa shape index (κ2) is 10.0. The molecule has 0 fully saturated rings. The molecule has 1 atom stereocenters. The van der Waals surface area contributed by atoms with E-state index < -0.39 is 6.10 Å². The fourth-order valence-corrected chi connectivity index (χ4v) is 2.22. The Morgan fingerprint density at radius 3 is 2.42 bits per heavy atom. The second-order valence-corrected chi connectivity index (χ2v) is 5.21. The van der Waals surface area contributed by atoms with Crippen molar-refractivity contribution in [2.75, 3.05) is 0 Å². The van der Waals surface area contributed by atoms with Crippen molar-refractivity contribution in [3.05, 3.63) is 78.7 Å². The summed E-state index contributed by atoms with van der Waals surface area (Å²) in [5.41, 5.74) is 2.04. The third-order valence-corrected chi connectivity index (χ3v) is 3.12. The maximum atomic E-state index is 8.49. The maximum Gasteiger partial charge on any atom is 0.0877 e. The third-order valence-electron chi connectivity index (χ3n) is 3.12. The summed E-state index contributed by atoms with van der Waals surface area (Å²) in [6.07, 6.45) is 2.67. The van der Waals surface area contributed by atoms with Crippen LogP contribution in [0.3, 0.4) is 0 Å². The van der Waals surface area contributed by atoms with Crippen LogP contribution in [0.1, 0.15) is 13.8 Å². The Hall–Kier alpha value is -1.96. The molecule has 0 aliphatic heterocycles. The first-order valence-electron chi connectivity index (χ1n) is 7.44. The normalized spacial score (nSPS) is 11.9. The van der Waals surface area contributed by atoms with Crippen molar-refractivity contribution in [2.45, 2.75) is 20.0 Å². The summed E-state index contributed by atoms with van der Waals surface area (Å²) in [4.78, 5) is 4.45. The van der Waals surface area contributed by atoms with E-state index in [9.17, 15) is 0 Å². The van der Waals surface area contributed by atoms with Crippen LogP contribution in [0.2, 0.25) is 0 Å². The van der Waals surface area contributed by atoms with Crippen LogP contribution < -0.4 is 0 Å². The summed E-state index contributed by atoms with van der Waals surface area (Å²) in [5.74, 6) is 0.162. The molecule has 24 heavy (non-hydrogen) atoms. The molecule has 2 N–H and O–H groups in total. The molecule has 0 aliphatic carbocycles. The summed E-state index contributed by atoms with van der Waals surface area (Å²) in [7, 11) is 0. The Morgan fingerprint density at radius 1 is 1.12 bits per heavy atom. The minimum atomic E-state index is -0.537. The molecule has 4 heteroatoms. The second-order valence-electron chi connectivity index (χ2n) is 5.21. The molecule has 1 aromatic heterocycles. The molecule has 3 rings (SSSR count). The van der Waals surface area contributed by atoms with Gasteiger partial charge in [0.05, 0.1) is 11.9 Å². The van der Waals surface area contributed by atoms with E-state index in [0.717, 1.165) is 11.3 Å². The molecule has 3 aromatic rings. The topological polar surface area (TPSA) is 53.4 Å². The molecule has 0 spiro atoms. The van der Waals surface area contributed by atoms with Crippen molar-refractivity contribution < 1.29 is 31.3 Å². The number of benzene rings is 2. The largest absolute Gasteiger partial charge is 0.513 e. The van der Waals surface area contributed by atoms with Gasteiger partial charge in [-0.3, -0.25) is 0 Å². The van der Waals surface area contributed by atoms with Gasteiger partial charge >= 0.3 is 0 Å². The average molecular weight is 501 g/mol. The SMILES string of the molecule is C/C(O)=C/C(C)O.[Pt].[c-]1ccccc1-c1nccc2ccccc12. The Bertz CT molecular complexity index is 777. The van der Waals surface area contributed by atoms with Gasteiger partial charge in [-0.05, 0) is 42.5 Å². The van der Waals surface area contributed by atoms with Crippen molar-refractivity contribution in [2.24, 2.45) is 0 Å². The van der Waals surface area contributed by atoms with Gasteiger partial charge in [-0.1, -0.05) is 24.3 Å². The Kier molecular flexibility index (Phi) is 8.38. The number of fused-ring (bicyclic) bond motifs is 1. The number of aromatic nitrogens is 1. The molecule has 0 amide bonds. The van der Waals surface area contributed by atoms with E-state index in [0.29, 0.717) is 0 Å². The van der Waals surface area contributed by atoms with Crippen LogP contribution in [0.15, 0.2) is 72.6 Å². The first kappa shape index (κ1) is 20.1. The van der Waals surface area contributed by atoms with E-state index in [1.807, 2.05) is 48.7 Å². The predicted octanol–water partition coefficient (Wildman–Crippen LogP) is 4.53. The molecule has 2 aromatic carbocycles. The fourth-order valence-electron chi connectivity index (χ4n) is 2.22. The number of aliphatic hydroxyl groups is 2. The zero-order valence-electron chi connectivity index (χ0n) is 13.6. The number of allylic oxidation sites excluding steroid dienone is 1. The van der Waals surface area contributed by atoms with Crippen LogP contribution >= 0.6 is 0 Å². The van der Waals surface area contributed by atoms with Crippen LogP contribution in [0, 0.1) is 6.07 Å². The van der Waals surface area contributed by atoms with E-state index in [4.69, 9.17) is 10.2 Å². The molecule has 0 radical (unpaired) electrons. The van der Waals surface area contributed by atoms with Crippen LogP contribution in [0.25, 0.3) is 22.0 Å². The number of rotatable bonds is 2. The quantitative estimate of drug-likeness (QED) is 0.401. The zero-order valence-corrected chi connectivity index (χ0v) is 15.9. The number of hydrogen-bond acceptors (Lipinski definition) is 3. The van der Waals surface area contributed by atoms with Gasteiger partial charge in [-0.15, -0.1) is 35.9 Å². The van der Waals surface area contributed by atoms with Crippen molar-refractivity contribution in [3.8, 4) is 11.3 Å². The van der Waals surface area contributed by atoms with Crippen molar-refractivity contribution in [1.82, 2.24) is 4.98 Å². The van der Waals surface area contributed by atoms with Gasteiger partial charge in [0, 0.05) is 27.3 Å². The minimum absolute atomic E-state index is 0. The number of nitrogens with zero attached hydrogens (tertiary/aromatic N) is 1. The van der Waals surface area contributed by atoms with Gasteiger partial charge in [-0.25, -0.2) is 0 Å². The fraction of sp³-hybridized carbons (Fsp3) is 0.150. The van der Waals surface area contributed by atoms with E-state index >= 15 is 0 Å². The van der Waals surface area contributed by atoms with E-state index in [1.165, 1.54) is 23.8 Å². The van der Waals surface area contributed by atoms with E-state index in [2.05, 4.69) is 23.2 Å². The van der Waals surface area contributed by atoms with Gasteiger partial charge in [0.25, 0.3) is 0 Å². The molecule has 1 unspecified atom stereocenters. The summed E-state index contributed by atoms with van der Waals surface area (Å²) >= 11 is 0. The molecule has 128 valence electrons. The first-order chi connectivity index (χ1) is 11.1. The molecule has 0 saturated carbocycles. The standard InChI is InChI=1S/C15H10N.C5H10O2.Pt/c1-2-7-13(8-3-1)15-14-9-5-4-6-12(14)10-11-16-15;1-4(6)3-5(2)7;/h1-7,9-11H;3-4,6-7H,1-2H3;/q-1;;/b;5-3-;. The van der Waals surface area contributed by atoms with Crippen LogP contribution in [-0.4, -0.2) is 21.3 Å². The molecular weight excluding hydrogens is 481 g/mol. The molecular formula is C20H20NO2Pt-. The predicted molar refractivity (Wildman–Crippen MR) is 94.1 cm³/mol. The monoisotopic (exact) mass is 501 g/mol. The summed E-state index contributed by atoms with van der Waals surface area (Å²) in [5, 5.41) is 19.3. The van der Waals surface area contributed by atoms with Gasteiger partial charge in [0.2, 0.25) is 0 Å². The summed E-state index contributed by atoms with van der Waals surface area (Å²) < 4.78 is 0. The number of aliphatic hydroxyl groups excluding tert-OH is 2. The minimum Gasteiger partial charge on any atom is -0.513 e. The van der Waals surface area contributed by atoms with Gasteiger partial charge in [-0.2, -0.15) is 0 Å². The zero-order chi connectivity index (χ0) is 16.7. The van der Waals surface area contributed by atoms with Crippen LogP contribution in [0.4, 0.5) is 0 Å². The smallest absolute Gasteiger partial charge is 0.0877 e. The Labute approximate surface area is 157 Å². The first-order valence-corrected chi connectivity index (χ1v) is 7.44. The maximum absolute atomic E-state index is 8.49. The van der Waals surface area contributed by atoms with Gasteiger partial charge in [0.1, 0.15) is 0 Å². The van der Waals surface area contributed by atoms with Crippen molar-refractivity contribution >= 4 is 10.8 Å². The Balaban J connectivity index is 0.000000312. The van der Waals surface area contributed by atoms with Crippen LogP contribution in [-0.2, 0) is 21.1 Å². The molecule has 3 nitrogen and oxygen atoms in total. The van der Waals surface area contributed by atoms with Gasteiger partial charge in [0.15, 0.2) is 0 Å². The third kappa shape index (κ3) is 5.92. The van der Waals surface area contributed by atoms with Gasteiger partial charge < -0.3 is 15.2 Å². The Morgan fingerprint density at radius 2 is 1.83 bits per heavy atom. The number of hydrogen-bond donors (Lipinski definition) is 2. The average Bonchev–Trinajstić information content (AvgIpc) is 2.54. The summed E-state index contributed by atoms with van der Waals surface area (Å²) in [6.45, 7) is 3.10. The molecule has 0 saturated heterocycles. The number of pyridine rings is 1. The van der Waals surface area contributed by atoms with Crippen LogP contribution in [0.5, 0.6) is 0 Å².